The van der Waals surface area contributed by atoms with Crippen molar-refractivity contribution < 1.29 is 27.4 Å². The second-order valence-corrected chi connectivity index (χ2v) is 7.51. The van der Waals surface area contributed by atoms with E-state index in [9.17, 15) is 18.0 Å². The van der Waals surface area contributed by atoms with Gasteiger partial charge in [-0.3, -0.25) is 5.32 Å². The van der Waals surface area contributed by atoms with Gasteiger partial charge in [-0.2, -0.15) is 18.2 Å². The minimum atomic E-state index is -4.57. The molecule has 1 amide bonds. The fourth-order valence-electron chi connectivity index (χ4n) is 2.03. The largest absolute Gasteiger partial charge is 0.466 e. The van der Waals surface area contributed by atoms with Crippen molar-refractivity contribution in [3.63, 3.8) is 0 Å². The summed E-state index contributed by atoms with van der Waals surface area (Å²) >= 11 is 0. The van der Waals surface area contributed by atoms with Crippen molar-refractivity contribution >= 4 is 23.3 Å². The van der Waals surface area contributed by atoms with E-state index in [1.54, 1.807) is 32.7 Å². The van der Waals surface area contributed by atoms with Gasteiger partial charge in [0, 0.05) is 20.1 Å². The minimum Gasteiger partial charge on any atom is -0.466 e. The van der Waals surface area contributed by atoms with Crippen LogP contribution < -0.4 is 20.7 Å². The van der Waals surface area contributed by atoms with Crippen molar-refractivity contribution in [2.75, 3.05) is 56.8 Å². The van der Waals surface area contributed by atoms with E-state index in [4.69, 9.17) is 15.2 Å². The van der Waals surface area contributed by atoms with Gasteiger partial charge in [0.25, 0.3) is 0 Å². The predicted molar refractivity (Wildman–Crippen MR) is 102 cm³/mol. The van der Waals surface area contributed by atoms with Crippen LogP contribution in [0.15, 0.2) is 6.07 Å². The molecule has 1 aromatic rings. The average molecular weight is 407 g/mol. The van der Waals surface area contributed by atoms with E-state index in [1.165, 1.54) is 6.07 Å². The van der Waals surface area contributed by atoms with Crippen LogP contribution in [0.5, 0.6) is 5.88 Å². The number of likely N-dealkylation sites (N-methyl/N-ethyl adjacent to an activating group) is 2. The Kier molecular flexibility index (Phi) is 7.74. The molecule has 0 saturated heterocycles. The van der Waals surface area contributed by atoms with E-state index >= 15 is 0 Å². The number of pyridine rings is 1. The summed E-state index contributed by atoms with van der Waals surface area (Å²) in [4.78, 5) is 19.7. The second kappa shape index (κ2) is 9.18. The number of nitrogen functional groups attached to an aromatic ring is 1. The molecular weight excluding hydrogens is 379 g/mol. The van der Waals surface area contributed by atoms with Crippen molar-refractivity contribution in [1.29, 1.82) is 0 Å². The van der Waals surface area contributed by atoms with E-state index in [1.807, 2.05) is 19.0 Å². The summed E-state index contributed by atoms with van der Waals surface area (Å²) in [5.74, 6) is -0.155. The standard InChI is InChI=1S/C17H28F3N5O3/c1-16(2,3)28-15(26)22-12-9-11(21)13(25(6)8-7-24(4)5)23-14(12)27-10-17(18,19)20/h9H,7-8,10,21H2,1-6H3,(H,22,26). The maximum atomic E-state index is 12.6. The summed E-state index contributed by atoms with van der Waals surface area (Å²) in [6.45, 7) is 4.61. The van der Waals surface area contributed by atoms with Crippen LogP contribution in [0, 0.1) is 0 Å². The van der Waals surface area contributed by atoms with Crippen LogP contribution in [0.2, 0.25) is 0 Å². The molecule has 0 radical (unpaired) electrons. The van der Waals surface area contributed by atoms with Gasteiger partial charge in [0.15, 0.2) is 12.4 Å². The Morgan fingerprint density at radius 2 is 1.82 bits per heavy atom. The molecular formula is C17H28F3N5O3. The highest BCUT2D eigenvalue weighted by Crippen LogP contribution is 2.32. The average Bonchev–Trinajstić information content (AvgIpc) is 2.48. The number of carbonyl (C=O) groups excluding carboxylic acids is 1. The summed E-state index contributed by atoms with van der Waals surface area (Å²) in [7, 11) is 5.48. The fraction of sp³-hybridized carbons (Fsp3) is 0.647. The van der Waals surface area contributed by atoms with Crippen molar-refractivity contribution in [2.45, 2.75) is 32.5 Å². The smallest absolute Gasteiger partial charge is 0.422 e. The maximum absolute atomic E-state index is 12.6. The van der Waals surface area contributed by atoms with Crippen LogP contribution >= 0.6 is 0 Å². The molecule has 8 nitrogen and oxygen atoms in total. The third-order valence-corrected chi connectivity index (χ3v) is 3.25. The molecule has 0 atom stereocenters. The third-order valence-electron chi connectivity index (χ3n) is 3.25. The molecule has 0 unspecified atom stereocenters. The third kappa shape index (κ3) is 8.51. The number of nitrogens with one attached hydrogen (secondary N) is 1. The lowest BCUT2D eigenvalue weighted by Gasteiger charge is -2.24. The molecule has 0 aliphatic heterocycles. The number of hydrogen-bond acceptors (Lipinski definition) is 7. The number of nitrogens with two attached hydrogens (primary N) is 1. The summed E-state index contributed by atoms with van der Waals surface area (Å²) in [6, 6.07) is 1.30. The zero-order chi connectivity index (χ0) is 21.7. The van der Waals surface area contributed by atoms with Gasteiger partial charge in [0.2, 0.25) is 5.88 Å². The Morgan fingerprint density at radius 3 is 2.32 bits per heavy atom. The lowest BCUT2D eigenvalue weighted by atomic mass is 10.2. The topological polar surface area (TPSA) is 93.0 Å². The summed E-state index contributed by atoms with van der Waals surface area (Å²) in [6.07, 6.45) is -5.43. The highest BCUT2D eigenvalue weighted by molar-refractivity contribution is 5.88. The number of halogens is 3. The Morgan fingerprint density at radius 1 is 1.21 bits per heavy atom. The van der Waals surface area contributed by atoms with E-state index < -0.39 is 30.4 Å². The number of aromatic nitrogens is 1. The minimum absolute atomic E-state index is 0.110. The number of hydrogen-bond donors (Lipinski definition) is 2. The Bertz CT molecular complexity index is 675. The zero-order valence-corrected chi connectivity index (χ0v) is 17.0. The molecule has 1 aromatic heterocycles. The number of rotatable bonds is 7. The number of amides is 1. The van der Waals surface area contributed by atoms with Gasteiger partial charge < -0.3 is 25.0 Å². The molecule has 0 aliphatic carbocycles. The molecule has 3 N–H and O–H groups in total. The van der Waals surface area contributed by atoms with Crippen molar-refractivity contribution in [2.24, 2.45) is 0 Å². The lowest BCUT2D eigenvalue weighted by Crippen LogP contribution is -2.30. The maximum Gasteiger partial charge on any atom is 0.422 e. The number of nitrogens with zero attached hydrogens (tertiary/aromatic N) is 3. The number of ether oxygens (including phenoxy) is 2. The second-order valence-electron chi connectivity index (χ2n) is 7.51. The quantitative estimate of drug-likeness (QED) is 0.718. The van der Waals surface area contributed by atoms with Crippen LogP contribution in [0.4, 0.5) is 35.2 Å². The van der Waals surface area contributed by atoms with Crippen molar-refractivity contribution in [3.05, 3.63) is 6.07 Å². The first-order valence-electron chi connectivity index (χ1n) is 8.54. The molecule has 0 aliphatic rings. The summed E-state index contributed by atoms with van der Waals surface area (Å²) in [5.41, 5.74) is 5.27. The van der Waals surface area contributed by atoms with Crippen LogP contribution in [0.1, 0.15) is 20.8 Å². The molecule has 0 aromatic carbocycles. The molecule has 0 saturated carbocycles. The molecule has 0 fully saturated rings. The molecule has 1 heterocycles. The van der Waals surface area contributed by atoms with Crippen LogP contribution in [0.3, 0.4) is 0 Å². The van der Waals surface area contributed by atoms with Gasteiger partial charge in [-0.25, -0.2) is 4.79 Å². The first-order chi connectivity index (χ1) is 12.7. The lowest BCUT2D eigenvalue weighted by molar-refractivity contribution is -0.153. The van der Waals surface area contributed by atoms with E-state index in [2.05, 4.69) is 10.3 Å². The molecule has 160 valence electrons. The molecule has 11 heteroatoms. The van der Waals surface area contributed by atoms with Gasteiger partial charge >= 0.3 is 12.3 Å². The molecule has 0 spiro atoms. The zero-order valence-electron chi connectivity index (χ0n) is 17.0. The van der Waals surface area contributed by atoms with Gasteiger partial charge in [0.05, 0.1) is 5.69 Å². The molecule has 1 rings (SSSR count). The van der Waals surface area contributed by atoms with Gasteiger partial charge in [-0.15, -0.1) is 0 Å². The summed E-state index contributed by atoms with van der Waals surface area (Å²) < 4.78 is 47.7. The first kappa shape index (κ1) is 23.6. The molecule has 0 bridgehead atoms. The van der Waals surface area contributed by atoms with Crippen LogP contribution in [-0.4, -0.2) is 68.6 Å². The Hall–Kier alpha value is -2.43. The van der Waals surface area contributed by atoms with E-state index in [-0.39, 0.29) is 17.2 Å². The highest BCUT2D eigenvalue weighted by Gasteiger charge is 2.30. The fourth-order valence-corrected chi connectivity index (χ4v) is 2.03. The molecule has 28 heavy (non-hydrogen) atoms. The monoisotopic (exact) mass is 407 g/mol. The predicted octanol–water partition coefficient (Wildman–Crippen LogP) is 2.95. The van der Waals surface area contributed by atoms with Gasteiger partial charge in [-0.1, -0.05) is 0 Å². The van der Waals surface area contributed by atoms with Gasteiger partial charge in [-0.05, 0) is 40.9 Å². The number of anilines is 3. The van der Waals surface area contributed by atoms with Crippen molar-refractivity contribution in [1.82, 2.24) is 9.88 Å². The van der Waals surface area contributed by atoms with E-state index in [0.29, 0.717) is 13.1 Å². The Balaban J connectivity index is 3.15. The van der Waals surface area contributed by atoms with E-state index in [0.717, 1.165) is 0 Å². The Labute approximate surface area is 162 Å². The van der Waals surface area contributed by atoms with Crippen molar-refractivity contribution in [3.8, 4) is 5.88 Å². The van der Waals surface area contributed by atoms with Crippen LogP contribution in [-0.2, 0) is 4.74 Å². The SMILES string of the molecule is CN(C)CCN(C)c1nc(OCC(F)(F)F)c(NC(=O)OC(C)(C)C)cc1N. The number of alkyl halides is 3. The summed E-state index contributed by atoms with van der Waals surface area (Å²) in [5, 5.41) is 2.34. The normalized spacial score (nSPS) is 12.1. The van der Waals surface area contributed by atoms with Crippen LogP contribution in [0.25, 0.3) is 0 Å². The number of carbonyl (C=O) groups is 1. The highest BCUT2D eigenvalue weighted by atomic mass is 19.4. The van der Waals surface area contributed by atoms with Gasteiger partial charge in [0.1, 0.15) is 11.3 Å². The first-order valence-corrected chi connectivity index (χ1v) is 8.54.